The number of esters is 2. The number of amides is 3. The van der Waals surface area contributed by atoms with Crippen molar-refractivity contribution in [3.8, 4) is 0 Å². The first-order chi connectivity index (χ1) is 11.7. The molecule has 0 aromatic carbocycles. The highest BCUT2D eigenvalue weighted by atomic mass is 16.7. The Labute approximate surface area is 144 Å². The van der Waals surface area contributed by atoms with Crippen LogP contribution in [0.3, 0.4) is 0 Å². The smallest absolute Gasteiger partial charge is 0.411 e. The van der Waals surface area contributed by atoms with E-state index in [1.165, 1.54) is 44.9 Å². The van der Waals surface area contributed by atoms with Gasteiger partial charge in [0.25, 0.3) is 0 Å². The lowest BCUT2D eigenvalue weighted by Gasteiger charge is -2.54. The van der Waals surface area contributed by atoms with Crippen LogP contribution < -0.4 is 0 Å². The van der Waals surface area contributed by atoms with Crippen LogP contribution in [0.15, 0.2) is 0 Å². The van der Waals surface area contributed by atoms with Crippen LogP contribution in [0.2, 0.25) is 0 Å². The van der Waals surface area contributed by atoms with Gasteiger partial charge in [-0.2, -0.15) is 5.06 Å². The number of nitrogens with zero attached hydrogens (tertiary/aromatic N) is 3. The second-order valence-electron chi connectivity index (χ2n) is 5.84. The van der Waals surface area contributed by atoms with Gasteiger partial charge < -0.3 is 19.1 Å². The fraction of sp³-hybridized carbons (Fsp3) is 0.714. The van der Waals surface area contributed by atoms with Gasteiger partial charge >= 0.3 is 24.1 Å². The van der Waals surface area contributed by atoms with E-state index in [0.717, 1.165) is 5.06 Å². The first-order valence-corrected chi connectivity index (χ1v) is 7.53. The zero-order valence-corrected chi connectivity index (χ0v) is 14.6. The molecule has 0 N–H and O–H groups in total. The Kier molecular flexibility index (Phi) is 5.36. The normalized spacial score (nSPS) is 27.6. The Morgan fingerprint density at radius 3 is 2.08 bits per heavy atom. The number of hydrogen-bond acceptors (Lipinski definition) is 8. The topological polar surface area (TPSA) is 115 Å². The maximum absolute atomic E-state index is 12.3. The molecule has 140 valence electrons. The molecule has 25 heavy (non-hydrogen) atoms. The van der Waals surface area contributed by atoms with Crippen LogP contribution in [0.1, 0.15) is 13.8 Å². The predicted molar refractivity (Wildman–Crippen MR) is 79.8 cm³/mol. The van der Waals surface area contributed by atoms with Crippen LogP contribution in [0.5, 0.6) is 0 Å². The van der Waals surface area contributed by atoms with Gasteiger partial charge in [0.1, 0.15) is 6.04 Å². The maximum atomic E-state index is 12.3. The van der Waals surface area contributed by atoms with E-state index >= 15 is 0 Å². The van der Waals surface area contributed by atoms with Gasteiger partial charge in [0, 0.05) is 27.9 Å². The van der Waals surface area contributed by atoms with E-state index in [-0.39, 0.29) is 6.54 Å². The van der Waals surface area contributed by atoms with Crippen molar-refractivity contribution in [2.45, 2.75) is 38.3 Å². The van der Waals surface area contributed by atoms with Gasteiger partial charge in [-0.05, 0) is 0 Å². The zero-order chi connectivity index (χ0) is 18.9. The molecule has 11 heteroatoms. The summed E-state index contributed by atoms with van der Waals surface area (Å²) in [5.74, 6) is -1.26. The summed E-state index contributed by atoms with van der Waals surface area (Å²) in [5, 5.41) is 1.03. The first-order valence-electron chi connectivity index (χ1n) is 7.53. The Morgan fingerprint density at radius 2 is 1.60 bits per heavy atom. The molecule has 3 aliphatic heterocycles. The van der Waals surface area contributed by atoms with Crippen molar-refractivity contribution in [1.82, 2.24) is 14.9 Å². The minimum absolute atomic E-state index is 0.00731. The number of hydrogen-bond donors (Lipinski definition) is 0. The Bertz CT molecular complexity index is 580. The third-order valence-corrected chi connectivity index (χ3v) is 3.78. The van der Waals surface area contributed by atoms with Gasteiger partial charge in [-0.15, -0.1) is 0 Å². The molecule has 2 bridgehead atoms. The van der Waals surface area contributed by atoms with Crippen molar-refractivity contribution in [1.29, 1.82) is 0 Å². The second kappa shape index (κ2) is 7.13. The molecule has 11 nitrogen and oxygen atoms in total. The third-order valence-electron chi connectivity index (χ3n) is 3.78. The van der Waals surface area contributed by atoms with Crippen molar-refractivity contribution >= 4 is 24.1 Å². The van der Waals surface area contributed by atoms with E-state index in [1.54, 1.807) is 0 Å². The molecule has 0 radical (unpaired) electrons. The van der Waals surface area contributed by atoms with Gasteiger partial charge in [0.2, 0.25) is 6.23 Å². The van der Waals surface area contributed by atoms with E-state index < -0.39 is 48.5 Å². The van der Waals surface area contributed by atoms with Crippen molar-refractivity contribution < 1.29 is 38.2 Å². The fourth-order valence-corrected chi connectivity index (χ4v) is 2.82. The summed E-state index contributed by atoms with van der Waals surface area (Å²) in [5.41, 5.74) is 0. The zero-order valence-electron chi connectivity index (χ0n) is 14.6. The lowest BCUT2D eigenvalue weighted by atomic mass is 9.95. The lowest BCUT2D eigenvalue weighted by molar-refractivity contribution is -0.346. The molecular weight excluding hydrogens is 338 g/mol. The van der Waals surface area contributed by atoms with Crippen molar-refractivity contribution in [2.75, 3.05) is 27.7 Å². The molecule has 0 aromatic heterocycles. The first kappa shape index (κ1) is 18.8. The SMILES string of the molecule is COC(=O)N1C[C@@H]2[C@H](OC(C)=O)[C@H](OC(C)=O)[C@H]1ON2C(=O)N(C)C. The molecule has 3 amide bonds. The number of ether oxygens (including phenoxy) is 3. The molecular formula is C14H21N3O8. The number of urea groups is 1. The summed E-state index contributed by atoms with van der Waals surface area (Å²) in [7, 11) is 4.24. The number of carbonyl (C=O) groups excluding carboxylic acids is 4. The van der Waals surface area contributed by atoms with Crippen molar-refractivity contribution in [3.05, 3.63) is 0 Å². The molecule has 0 unspecified atom stereocenters. The Morgan fingerprint density at radius 1 is 1.04 bits per heavy atom. The van der Waals surface area contributed by atoms with Crippen LogP contribution in [-0.2, 0) is 28.6 Å². The van der Waals surface area contributed by atoms with Crippen LogP contribution in [0.25, 0.3) is 0 Å². The number of fused-ring (bicyclic) bond motifs is 3. The third kappa shape index (κ3) is 3.60. The standard InChI is InChI=1S/C14H21N3O8/c1-7(18)23-10-9-6-16(14(21)22-5)12(11(10)24-8(2)19)25-17(9)13(20)15(3)4/h9-12H,6H2,1-5H3/t9-,10+,11+,12-/m1/s1. The Hall–Kier alpha value is -2.56. The van der Waals surface area contributed by atoms with Crippen LogP contribution in [0.4, 0.5) is 9.59 Å². The number of hydroxylamine groups is 2. The molecule has 0 spiro atoms. The minimum Gasteiger partial charge on any atom is -0.456 e. The lowest BCUT2D eigenvalue weighted by Crippen LogP contribution is -2.76. The highest BCUT2D eigenvalue weighted by Crippen LogP contribution is 2.35. The van der Waals surface area contributed by atoms with Gasteiger partial charge in [-0.3, -0.25) is 14.5 Å². The van der Waals surface area contributed by atoms with Gasteiger partial charge in [0.05, 0.1) is 13.7 Å². The highest BCUT2D eigenvalue weighted by Gasteiger charge is 2.59. The summed E-state index contributed by atoms with van der Waals surface area (Å²) in [6, 6.07) is -1.37. The molecule has 3 fully saturated rings. The quantitative estimate of drug-likeness (QED) is 0.481. The van der Waals surface area contributed by atoms with Crippen LogP contribution in [-0.4, -0.2) is 91.2 Å². The molecule has 0 aliphatic carbocycles. The average Bonchev–Trinajstić information content (AvgIpc) is 2.54. The summed E-state index contributed by atoms with van der Waals surface area (Å²) in [4.78, 5) is 55.3. The molecule has 0 saturated carbocycles. The Balaban J connectivity index is 2.40. The molecule has 3 saturated heterocycles. The van der Waals surface area contributed by atoms with Gasteiger partial charge in [-0.1, -0.05) is 0 Å². The average molecular weight is 359 g/mol. The van der Waals surface area contributed by atoms with Crippen LogP contribution >= 0.6 is 0 Å². The summed E-state index contributed by atoms with van der Waals surface area (Å²) >= 11 is 0. The fourth-order valence-electron chi connectivity index (χ4n) is 2.82. The molecule has 4 atom stereocenters. The van der Waals surface area contributed by atoms with E-state index in [4.69, 9.17) is 19.0 Å². The largest absolute Gasteiger partial charge is 0.456 e. The van der Waals surface area contributed by atoms with E-state index in [2.05, 4.69) is 0 Å². The molecule has 3 heterocycles. The van der Waals surface area contributed by atoms with E-state index in [9.17, 15) is 19.2 Å². The summed E-state index contributed by atoms with van der Waals surface area (Å²) in [6.45, 7) is 2.37. The van der Waals surface area contributed by atoms with E-state index in [1.807, 2.05) is 0 Å². The number of rotatable bonds is 2. The van der Waals surface area contributed by atoms with E-state index in [0.29, 0.717) is 0 Å². The van der Waals surface area contributed by atoms with Gasteiger partial charge in [0.15, 0.2) is 12.2 Å². The number of piperidine rings is 1. The maximum Gasteiger partial charge on any atom is 0.411 e. The minimum atomic E-state index is -1.17. The second-order valence-corrected chi connectivity index (χ2v) is 5.84. The molecule has 3 aliphatic rings. The van der Waals surface area contributed by atoms with Crippen molar-refractivity contribution in [3.63, 3.8) is 0 Å². The van der Waals surface area contributed by atoms with Gasteiger partial charge in [-0.25, -0.2) is 14.4 Å². The predicted octanol–water partition coefficient (Wildman–Crippen LogP) is -0.445. The molecule has 3 rings (SSSR count). The monoisotopic (exact) mass is 359 g/mol. The molecule has 0 aromatic rings. The summed E-state index contributed by atoms with van der Waals surface area (Å²) in [6.07, 6.45) is -3.96. The number of methoxy groups -OCH3 is 1. The summed E-state index contributed by atoms with van der Waals surface area (Å²) < 4.78 is 15.2. The highest BCUT2D eigenvalue weighted by molar-refractivity contribution is 5.75. The number of carbonyl (C=O) groups is 4. The van der Waals surface area contributed by atoms with Crippen LogP contribution in [0, 0.1) is 0 Å². The van der Waals surface area contributed by atoms with Crippen molar-refractivity contribution in [2.24, 2.45) is 0 Å².